The van der Waals surface area contributed by atoms with E-state index >= 15 is 0 Å². The van der Waals surface area contributed by atoms with Gasteiger partial charge in [0, 0.05) is 32.9 Å². The zero-order valence-electron chi connectivity index (χ0n) is 30.0. The van der Waals surface area contributed by atoms with Gasteiger partial charge in [0.1, 0.15) is 0 Å². The Morgan fingerprint density at radius 1 is 0.291 bits per heavy atom. The van der Waals surface area contributed by atoms with Crippen molar-refractivity contribution in [2.45, 2.75) is 5.41 Å². The van der Waals surface area contributed by atoms with Crippen molar-refractivity contribution in [1.29, 1.82) is 0 Å². The lowest BCUT2D eigenvalue weighted by Gasteiger charge is -2.35. The van der Waals surface area contributed by atoms with Gasteiger partial charge in [-0.15, -0.1) is 0 Å². The fourth-order valence-corrected chi connectivity index (χ4v) is 9.98. The van der Waals surface area contributed by atoms with Crippen LogP contribution in [0.25, 0.3) is 76.9 Å². The fraction of sp³-hybridized carbons (Fsp3) is 0.0189. The molecule has 0 saturated carbocycles. The summed E-state index contributed by atoms with van der Waals surface area (Å²) < 4.78 is 4.91. The molecule has 0 amide bonds. The predicted octanol–water partition coefficient (Wildman–Crippen LogP) is 13.4. The van der Waals surface area contributed by atoms with Crippen molar-refractivity contribution in [1.82, 2.24) is 9.13 Å². The summed E-state index contributed by atoms with van der Waals surface area (Å²) in [5, 5.41) is 7.56. The summed E-state index contributed by atoms with van der Waals surface area (Å²) >= 11 is 0. The van der Waals surface area contributed by atoms with Gasteiger partial charge >= 0.3 is 0 Å². The first-order valence-electron chi connectivity index (χ1n) is 19.1. The highest BCUT2D eigenvalue weighted by molar-refractivity contribution is 6.10. The number of fused-ring (bicyclic) bond motifs is 10. The molecule has 0 bridgehead atoms. The van der Waals surface area contributed by atoms with Crippen molar-refractivity contribution in [3.05, 3.63) is 229 Å². The highest BCUT2D eigenvalue weighted by Crippen LogP contribution is 2.58. The Labute approximate surface area is 318 Å². The number of hydrogen-bond acceptors (Lipinski definition) is 0. The van der Waals surface area contributed by atoms with Crippen LogP contribution in [0.15, 0.2) is 206 Å². The number of para-hydroxylation sites is 4. The van der Waals surface area contributed by atoms with Gasteiger partial charge in [0.25, 0.3) is 0 Å². The molecule has 2 aromatic heterocycles. The van der Waals surface area contributed by atoms with Gasteiger partial charge in [-0.25, -0.2) is 0 Å². The largest absolute Gasteiger partial charge is 0.309 e. The second kappa shape index (κ2) is 11.4. The summed E-state index contributed by atoms with van der Waals surface area (Å²) in [6.45, 7) is 0. The highest BCUT2D eigenvalue weighted by atomic mass is 15.0. The van der Waals surface area contributed by atoms with E-state index in [0.29, 0.717) is 0 Å². The van der Waals surface area contributed by atoms with E-state index in [2.05, 4.69) is 215 Å². The predicted molar refractivity (Wildman–Crippen MR) is 230 cm³/mol. The Morgan fingerprint density at radius 3 is 1.18 bits per heavy atom. The van der Waals surface area contributed by atoms with Crippen LogP contribution in [-0.4, -0.2) is 9.13 Å². The molecule has 2 heterocycles. The van der Waals surface area contributed by atoms with E-state index in [-0.39, 0.29) is 0 Å². The first kappa shape index (κ1) is 30.3. The highest BCUT2D eigenvalue weighted by Gasteiger charge is 2.47. The van der Waals surface area contributed by atoms with E-state index in [0.717, 1.165) is 11.4 Å². The second-order valence-electron chi connectivity index (χ2n) is 14.8. The number of rotatable bonds is 4. The molecule has 0 spiro atoms. The molecule has 1 aliphatic carbocycles. The van der Waals surface area contributed by atoms with Gasteiger partial charge in [-0.1, -0.05) is 158 Å². The first-order chi connectivity index (χ1) is 27.3. The van der Waals surface area contributed by atoms with Crippen molar-refractivity contribution in [3.63, 3.8) is 0 Å². The van der Waals surface area contributed by atoms with Gasteiger partial charge in [-0.3, -0.25) is 0 Å². The molecule has 1 aliphatic rings. The van der Waals surface area contributed by atoms with Gasteiger partial charge in [-0.2, -0.15) is 0 Å². The van der Waals surface area contributed by atoms with Crippen molar-refractivity contribution in [3.8, 4) is 22.5 Å². The maximum absolute atomic E-state index is 2.49. The van der Waals surface area contributed by atoms with Gasteiger partial charge in [0.2, 0.25) is 0 Å². The van der Waals surface area contributed by atoms with Gasteiger partial charge in [-0.05, 0) is 92.7 Å². The fourth-order valence-electron chi connectivity index (χ4n) is 9.98. The van der Waals surface area contributed by atoms with Crippen LogP contribution in [0.2, 0.25) is 0 Å². The molecule has 0 aliphatic heterocycles. The average molecular weight is 699 g/mol. The maximum atomic E-state index is 2.49. The quantitative estimate of drug-likeness (QED) is 0.173. The Hall–Kier alpha value is -7.16. The summed E-state index contributed by atoms with van der Waals surface area (Å²) in [5.41, 5.74) is 14.2. The normalized spacial score (nSPS) is 13.2. The zero-order valence-corrected chi connectivity index (χ0v) is 30.0. The third-order valence-electron chi connectivity index (χ3n) is 12.2. The summed E-state index contributed by atoms with van der Waals surface area (Å²) in [5.74, 6) is 0. The van der Waals surface area contributed by atoms with Crippen LogP contribution >= 0.6 is 0 Å². The molecule has 0 N–H and O–H groups in total. The van der Waals surface area contributed by atoms with Crippen molar-refractivity contribution in [2.75, 3.05) is 0 Å². The van der Waals surface area contributed by atoms with Crippen LogP contribution in [0.5, 0.6) is 0 Å². The van der Waals surface area contributed by atoms with Crippen LogP contribution in [0.4, 0.5) is 0 Å². The van der Waals surface area contributed by atoms with E-state index in [9.17, 15) is 0 Å². The summed E-state index contributed by atoms with van der Waals surface area (Å²) in [6.07, 6.45) is 0. The molecule has 55 heavy (non-hydrogen) atoms. The molecule has 11 aromatic rings. The third kappa shape index (κ3) is 4.08. The van der Waals surface area contributed by atoms with Gasteiger partial charge in [0.15, 0.2) is 0 Å². The van der Waals surface area contributed by atoms with Gasteiger partial charge in [0.05, 0.1) is 27.5 Å². The van der Waals surface area contributed by atoms with E-state index < -0.39 is 5.41 Å². The number of aromatic nitrogens is 2. The molecule has 12 rings (SSSR count). The lowest BCUT2D eigenvalue weighted by molar-refractivity contribution is 0.774. The molecule has 2 nitrogen and oxygen atoms in total. The monoisotopic (exact) mass is 698 g/mol. The van der Waals surface area contributed by atoms with Crippen LogP contribution < -0.4 is 0 Å². The van der Waals surface area contributed by atoms with E-state index in [1.54, 1.807) is 0 Å². The molecule has 0 saturated heterocycles. The molecule has 0 unspecified atom stereocenters. The van der Waals surface area contributed by atoms with Crippen LogP contribution in [0, 0.1) is 0 Å². The molecule has 2 heteroatoms. The minimum Gasteiger partial charge on any atom is -0.309 e. The van der Waals surface area contributed by atoms with Crippen molar-refractivity contribution < 1.29 is 0 Å². The summed E-state index contributed by atoms with van der Waals surface area (Å²) in [4.78, 5) is 0. The Morgan fingerprint density at radius 2 is 0.691 bits per heavy atom. The number of hydrogen-bond donors (Lipinski definition) is 0. The Bertz CT molecular complexity index is 3050. The van der Waals surface area contributed by atoms with E-state index in [1.807, 2.05) is 0 Å². The van der Waals surface area contributed by atoms with Crippen LogP contribution in [-0.2, 0) is 5.41 Å². The third-order valence-corrected chi connectivity index (χ3v) is 12.2. The molecular weight excluding hydrogens is 665 g/mol. The average Bonchev–Trinajstić information content (AvgIpc) is 3.87. The smallest absolute Gasteiger partial charge is 0.0721 e. The maximum Gasteiger partial charge on any atom is 0.0721 e. The molecular formula is C53H34N2. The lowest BCUT2D eigenvalue weighted by atomic mass is 9.66. The molecule has 0 radical (unpaired) electrons. The van der Waals surface area contributed by atoms with Crippen molar-refractivity contribution in [2.24, 2.45) is 0 Å². The zero-order chi connectivity index (χ0) is 36.1. The molecule has 0 atom stereocenters. The first-order valence-corrected chi connectivity index (χ1v) is 19.1. The van der Waals surface area contributed by atoms with Crippen LogP contribution in [0.3, 0.4) is 0 Å². The Kier molecular flexibility index (Phi) is 6.29. The summed E-state index contributed by atoms with van der Waals surface area (Å²) in [6, 6.07) is 76.6. The second-order valence-corrected chi connectivity index (χ2v) is 14.8. The standard InChI is InChI=1S/C53H34N2/c1-2-17-36(18-3-1)53(46-24-14-16-35-15-4-5-19-39(35)46)47-33-37(54-49-25-10-6-20-42(49)43-21-7-11-26-50(43)54)29-31-40(47)41-32-30-38(34-48(41)53)55-51-27-12-8-22-44(51)45-23-9-13-28-52(45)55/h1-34H. The van der Waals surface area contributed by atoms with Crippen molar-refractivity contribution >= 4 is 54.4 Å². The van der Waals surface area contributed by atoms with E-state index in [1.165, 1.54) is 87.8 Å². The minimum atomic E-state index is -0.615. The minimum absolute atomic E-state index is 0.615. The lowest BCUT2D eigenvalue weighted by Crippen LogP contribution is -2.29. The number of benzene rings is 9. The van der Waals surface area contributed by atoms with Crippen LogP contribution in [0.1, 0.15) is 22.3 Å². The Balaban J connectivity index is 1.23. The van der Waals surface area contributed by atoms with E-state index in [4.69, 9.17) is 0 Å². The molecule has 256 valence electrons. The molecule has 0 fully saturated rings. The summed E-state index contributed by atoms with van der Waals surface area (Å²) in [7, 11) is 0. The topological polar surface area (TPSA) is 9.86 Å². The number of nitrogens with zero attached hydrogens (tertiary/aromatic N) is 2. The molecule has 9 aromatic carbocycles. The van der Waals surface area contributed by atoms with Gasteiger partial charge < -0.3 is 9.13 Å². The SMILES string of the molecule is c1ccc(C2(c3cccc4ccccc34)c3cc(-n4c5ccccc5c5ccccc54)ccc3-c3ccc(-n4c5ccccc5c5ccccc54)cc32)cc1.